The first-order valence-corrected chi connectivity index (χ1v) is 11.1. The first kappa shape index (κ1) is 22.5. The molecule has 0 bridgehead atoms. The van der Waals surface area contributed by atoms with E-state index < -0.39 is 24.6 Å². The maximum absolute atomic E-state index is 13.9. The number of benzene rings is 3. The summed E-state index contributed by atoms with van der Waals surface area (Å²) in [5, 5.41) is 21.3. The molecule has 1 saturated heterocycles. The molecule has 0 aliphatic carbocycles. The highest BCUT2D eigenvalue weighted by atomic mass is 19.1. The summed E-state index contributed by atoms with van der Waals surface area (Å²) in [5.74, 6) is -0.117. The second-order valence-electron chi connectivity index (χ2n) is 8.37. The first-order valence-electron chi connectivity index (χ1n) is 11.1. The normalized spacial score (nSPS) is 25.5. The predicted octanol–water partition coefficient (Wildman–Crippen LogP) is 5.28. The molecule has 3 aromatic carbocycles. The van der Waals surface area contributed by atoms with Crippen molar-refractivity contribution in [3.63, 3.8) is 0 Å². The Labute approximate surface area is 188 Å². The molecule has 168 valence electrons. The van der Waals surface area contributed by atoms with Crippen molar-refractivity contribution >= 4 is 0 Å². The molecule has 2 N–H and O–H groups in total. The summed E-state index contributed by atoms with van der Waals surface area (Å²) in [6, 6.07) is 21.7. The zero-order chi connectivity index (χ0) is 22.7. The summed E-state index contributed by atoms with van der Waals surface area (Å²) in [6.07, 6.45) is -1.85. The van der Waals surface area contributed by atoms with Crippen molar-refractivity contribution in [2.75, 3.05) is 0 Å². The van der Waals surface area contributed by atoms with E-state index in [0.29, 0.717) is 5.75 Å². The van der Waals surface area contributed by atoms with Crippen molar-refractivity contribution in [3.05, 3.63) is 89.7 Å². The van der Waals surface area contributed by atoms with Gasteiger partial charge in [-0.1, -0.05) is 68.8 Å². The highest BCUT2D eigenvalue weighted by molar-refractivity contribution is 5.69. The highest BCUT2D eigenvalue weighted by Gasteiger charge is 2.44. The van der Waals surface area contributed by atoms with Crippen LogP contribution in [0.3, 0.4) is 0 Å². The standard InChI is InChI=1S/C27H29FO4/c1-3-8-18-13-14-22(16-23(18)20-11-7-12-21(28)15-20)31-27-25(30)24(29)17(2)26(32-27)19-9-5-4-6-10-19/h4-7,9-17,24-27,29-30H,3,8H2,1-2H3/t17-,24-,25-,26-,27-/m1/s1. The number of aryl methyl sites for hydroxylation is 1. The highest BCUT2D eigenvalue weighted by Crippen LogP contribution is 2.38. The van der Waals surface area contributed by atoms with Gasteiger partial charge in [-0.15, -0.1) is 0 Å². The minimum absolute atomic E-state index is 0.301. The third kappa shape index (κ3) is 4.70. The van der Waals surface area contributed by atoms with Crippen molar-refractivity contribution < 1.29 is 24.1 Å². The molecule has 0 aromatic heterocycles. The van der Waals surface area contributed by atoms with Gasteiger partial charge in [0.1, 0.15) is 17.7 Å². The Balaban J connectivity index is 1.63. The van der Waals surface area contributed by atoms with Gasteiger partial charge in [0, 0.05) is 5.92 Å². The van der Waals surface area contributed by atoms with Crippen molar-refractivity contribution in [2.45, 2.75) is 51.3 Å². The molecule has 1 heterocycles. The number of aliphatic hydroxyl groups excluding tert-OH is 2. The fourth-order valence-electron chi connectivity index (χ4n) is 4.30. The number of aliphatic hydroxyl groups is 2. The van der Waals surface area contributed by atoms with Gasteiger partial charge in [0.15, 0.2) is 0 Å². The van der Waals surface area contributed by atoms with Crippen LogP contribution < -0.4 is 4.74 Å². The average molecular weight is 437 g/mol. The number of hydrogen-bond acceptors (Lipinski definition) is 4. The van der Waals surface area contributed by atoms with Gasteiger partial charge in [-0.2, -0.15) is 0 Å². The molecule has 1 fully saturated rings. The fraction of sp³-hybridized carbons (Fsp3) is 0.333. The van der Waals surface area contributed by atoms with E-state index in [1.807, 2.05) is 61.5 Å². The number of ether oxygens (including phenoxy) is 2. The molecule has 32 heavy (non-hydrogen) atoms. The van der Waals surface area contributed by atoms with Crippen LogP contribution in [-0.2, 0) is 11.2 Å². The second-order valence-corrected chi connectivity index (χ2v) is 8.37. The van der Waals surface area contributed by atoms with Crippen LogP contribution in [0.5, 0.6) is 5.75 Å². The van der Waals surface area contributed by atoms with Gasteiger partial charge >= 0.3 is 0 Å². The molecule has 5 heteroatoms. The Hall–Kier alpha value is -2.73. The van der Waals surface area contributed by atoms with Gasteiger partial charge in [0.05, 0.1) is 12.2 Å². The lowest BCUT2D eigenvalue weighted by atomic mass is 9.87. The van der Waals surface area contributed by atoms with Crippen LogP contribution >= 0.6 is 0 Å². The van der Waals surface area contributed by atoms with E-state index in [9.17, 15) is 14.6 Å². The van der Waals surface area contributed by atoms with E-state index in [0.717, 1.165) is 35.1 Å². The van der Waals surface area contributed by atoms with Crippen LogP contribution in [0.2, 0.25) is 0 Å². The second kappa shape index (κ2) is 9.82. The van der Waals surface area contributed by atoms with Gasteiger partial charge in [0.25, 0.3) is 0 Å². The smallest absolute Gasteiger partial charge is 0.229 e. The molecule has 3 aromatic rings. The molecule has 5 atom stereocenters. The summed E-state index contributed by atoms with van der Waals surface area (Å²) in [4.78, 5) is 0. The van der Waals surface area contributed by atoms with Crippen molar-refractivity contribution in [1.82, 2.24) is 0 Å². The van der Waals surface area contributed by atoms with E-state index in [2.05, 4.69) is 6.92 Å². The Morgan fingerprint density at radius 2 is 1.72 bits per heavy atom. The maximum Gasteiger partial charge on any atom is 0.229 e. The number of rotatable bonds is 6. The molecule has 0 unspecified atom stereocenters. The Kier molecular flexibility index (Phi) is 6.89. The molecular weight excluding hydrogens is 407 g/mol. The van der Waals surface area contributed by atoms with Crippen molar-refractivity contribution in [1.29, 1.82) is 0 Å². The Morgan fingerprint density at radius 3 is 2.44 bits per heavy atom. The lowest BCUT2D eigenvalue weighted by molar-refractivity contribution is -0.258. The summed E-state index contributed by atoms with van der Waals surface area (Å²) >= 11 is 0. The molecule has 4 nitrogen and oxygen atoms in total. The minimum Gasteiger partial charge on any atom is -0.462 e. The van der Waals surface area contributed by atoms with Crippen LogP contribution in [-0.4, -0.2) is 28.7 Å². The largest absolute Gasteiger partial charge is 0.462 e. The summed E-state index contributed by atoms with van der Waals surface area (Å²) in [5.41, 5.74) is 3.65. The van der Waals surface area contributed by atoms with Crippen LogP contribution in [0, 0.1) is 11.7 Å². The lowest BCUT2D eigenvalue weighted by Crippen LogP contribution is -2.52. The lowest BCUT2D eigenvalue weighted by Gasteiger charge is -2.41. The summed E-state index contributed by atoms with van der Waals surface area (Å²) in [7, 11) is 0. The van der Waals surface area contributed by atoms with E-state index >= 15 is 0 Å². The molecule has 0 saturated carbocycles. The zero-order valence-corrected chi connectivity index (χ0v) is 18.3. The number of hydrogen-bond donors (Lipinski definition) is 2. The SMILES string of the molecule is CCCc1ccc(O[C@@H]2O[C@@H](c3ccccc3)[C@H](C)[C@@H](O)[C@H]2O)cc1-c1cccc(F)c1. The van der Waals surface area contributed by atoms with Gasteiger partial charge < -0.3 is 19.7 Å². The van der Waals surface area contributed by atoms with E-state index in [1.54, 1.807) is 6.07 Å². The van der Waals surface area contributed by atoms with Gasteiger partial charge in [0.2, 0.25) is 6.29 Å². The van der Waals surface area contributed by atoms with E-state index in [4.69, 9.17) is 9.47 Å². The first-order chi connectivity index (χ1) is 15.5. The van der Waals surface area contributed by atoms with Crippen LogP contribution in [0.25, 0.3) is 11.1 Å². The van der Waals surface area contributed by atoms with E-state index in [-0.39, 0.29) is 11.7 Å². The van der Waals surface area contributed by atoms with Crippen LogP contribution in [0.1, 0.15) is 37.5 Å². The van der Waals surface area contributed by atoms with E-state index in [1.165, 1.54) is 12.1 Å². The van der Waals surface area contributed by atoms with Gasteiger partial charge in [-0.05, 0) is 52.9 Å². The molecule has 1 aliphatic rings. The van der Waals surface area contributed by atoms with Crippen molar-refractivity contribution in [3.8, 4) is 16.9 Å². The Bertz CT molecular complexity index is 1040. The fourth-order valence-corrected chi connectivity index (χ4v) is 4.30. The molecule has 0 amide bonds. The summed E-state index contributed by atoms with van der Waals surface area (Å²) < 4.78 is 26.0. The van der Waals surface area contributed by atoms with Crippen LogP contribution in [0.4, 0.5) is 4.39 Å². The quantitative estimate of drug-likeness (QED) is 0.552. The zero-order valence-electron chi connectivity index (χ0n) is 18.3. The molecule has 0 radical (unpaired) electrons. The third-order valence-electron chi connectivity index (χ3n) is 6.04. The summed E-state index contributed by atoms with van der Waals surface area (Å²) in [6.45, 7) is 3.95. The molecule has 4 rings (SSSR count). The average Bonchev–Trinajstić information content (AvgIpc) is 2.81. The topological polar surface area (TPSA) is 58.9 Å². The number of halogens is 1. The maximum atomic E-state index is 13.9. The van der Waals surface area contributed by atoms with Gasteiger partial charge in [-0.25, -0.2) is 4.39 Å². The predicted molar refractivity (Wildman–Crippen MR) is 122 cm³/mol. The van der Waals surface area contributed by atoms with Crippen molar-refractivity contribution in [2.24, 2.45) is 5.92 Å². The third-order valence-corrected chi connectivity index (χ3v) is 6.04. The molecule has 1 aliphatic heterocycles. The van der Waals surface area contributed by atoms with Gasteiger partial charge in [-0.3, -0.25) is 0 Å². The minimum atomic E-state index is -1.20. The van der Waals surface area contributed by atoms with Crippen LogP contribution in [0.15, 0.2) is 72.8 Å². The molecule has 0 spiro atoms. The molecular formula is C27H29FO4. The monoisotopic (exact) mass is 436 g/mol. The Morgan fingerprint density at radius 1 is 0.938 bits per heavy atom.